The van der Waals surface area contributed by atoms with Crippen molar-refractivity contribution in [1.29, 1.82) is 0 Å². The largest absolute Gasteiger partial charge is 0.275 e. The molecule has 2 aromatic rings. The molecule has 5 nitrogen and oxygen atoms in total. The van der Waals surface area contributed by atoms with E-state index in [0.717, 1.165) is 18.3 Å². The van der Waals surface area contributed by atoms with E-state index in [0.29, 0.717) is 16.4 Å². The van der Waals surface area contributed by atoms with Crippen LogP contribution in [0.5, 0.6) is 0 Å². The van der Waals surface area contributed by atoms with Crippen molar-refractivity contribution in [3.63, 3.8) is 0 Å². The van der Waals surface area contributed by atoms with E-state index in [2.05, 4.69) is 4.98 Å². The molecule has 1 amide bonds. The first kappa shape index (κ1) is 15.8. The van der Waals surface area contributed by atoms with Gasteiger partial charge in [-0.15, -0.1) is 11.3 Å². The van der Waals surface area contributed by atoms with Gasteiger partial charge in [-0.1, -0.05) is 11.6 Å². The fraction of sp³-hybridized carbons (Fsp3) is 0.0909. The third kappa shape index (κ3) is 2.89. The highest BCUT2D eigenvalue weighted by Crippen LogP contribution is 2.28. The zero-order valence-electron chi connectivity index (χ0n) is 10.4. The Kier molecular flexibility index (Phi) is 4.26. The van der Waals surface area contributed by atoms with E-state index in [-0.39, 0.29) is 5.82 Å². The molecule has 0 unspecified atom stereocenters. The molecule has 2 rings (SSSR count). The predicted octanol–water partition coefficient (Wildman–Crippen LogP) is 2.82. The molecule has 0 aliphatic heterocycles. The molecule has 0 fully saturated rings. The van der Waals surface area contributed by atoms with Gasteiger partial charge in [-0.3, -0.25) is 4.79 Å². The Morgan fingerprint density at radius 1 is 1.33 bits per heavy atom. The smallest absolute Gasteiger partial charge is 0.274 e. The first-order valence-corrected chi connectivity index (χ1v) is 8.10. The number of anilines is 1. The van der Waals surface area contributed by atoms with Gasteiger partial charge in [0.05, 0.1) is 10.5 Å². The highest BCUT2D eigenvalue weighted by Gasteiger charge is 2.33. The molecule has 0 aliphatic carbocycles. The SMILES string of the molecule is CC(=O)N(c1cscn1)S(=O)(=O)c1cc(Cl)c(F)cc1F. The quantitative estimate of drug-likeness (QED) is 0.797. The number of nitrogens with zero attached hydrogens (tertiary/aromatic N) is 2. The lowest BCUT2D eigenvalue weighted by Gasteiger charge is -2.19. The maximum absolute atomic E-state index is 13.8. The van der Waals surface area contributed by atoms with Gasteiger partial charge in [0.2, 0.25) is 5.91 Å². The molecule has 21 heavy (non-hydrogen) atoms. The number of rotatable bonds is 3. The Morgan fingerprint density at radius 3 is 2.52 bits per heavy atom. The van der Waals surface area contributed by atoms with Gasteiger partial charge in [-0.05, 0) is 6.07 Å². The van der Waals surface area contributed by atoms with Crippen LogP contribution in [0.15, 0.2) is 27.9 Å². The molecule has 10 heteroatoms. The summed E-state index contributed by atoms with van der Waals surface area (Å²) in [5.41, 5.74) is 1.31. The summed E-state index contributed by atoms with van der Waals surface area (Å²) in [6, 6.07) is 0.957. The number of hydrogen-bond donors (Lipinski definition) is 0. The number of thiazole rings is 1. The average Bonchev–Trinajstić information content (AvgIpc) is 2.86. The molecule has 0 atom stereocenters. The zero-order chi connectivity index (χ0) is 15.8. The molecule has 0 aliphatic rings. The highest BCUT2D eigenvalue weighted by atomic mass is 35.5. The number of amides is 1. The summed E-state index contributed by atoms with van der Waals surface area (Å²) in [5, 5.41) is 0.735. The lowest BCUT2D eigenvalue weighted by atomic mass is 10.3. The van der Waals surface area contributed by atoms with E-state index in [1.165, 1.54) is 10.9 Å². The molecular weight excluding hydrogens is 346 g/mol. The summed E-state index contributed by atoms with van der Waals surface area (Å²) in [5.74, 6) is -3.51. The summed E-state index contributed by atoms with van der Waals surface area (Å²) in [4.78, 5) is 14.4. The van der Waals surface area contributed by atoms with Crippen molar-refractivity contribution in [2.75, 3.05) is 4.31 Å². The van der Waals surface area contributed by atoms with Gasteiger partial charge in [0.15, 0.2) is 5.82 Å². The van der Waals surface area contributed by atoms with E-state index in [4.69, 9.17) is 11.6 Å². The first-order valence-electron chi connectivity index (χ1n) is 5.33. The second-order valence-electron chi connectivity index (χ2n) is 3.83. The Morgan fingerprint density at radius 2 is 2.00 bits per heavy atom. The molecule has 0 saturated heterocycles. The topological polar surface area (TPSA) is 67.3 Å². The highest BCUT2D eigenvalue weighted by molar-refractivity contribution is 7.93. The van der Waals surface area contributed by atoms with E-state index in [9.17, 15) is 22.0 Å². The van der Waals surface area contributed by atoms with Crippen LogP contribution in [0.25, 0.3) is 0 Å². The van der Waals surface area contributed by atoms with Crippen molar-refractivity contribution in [2.24, 2.45) is 0 Å². The lowest BCUT2D eigenvalue weighted by molar-refractivity contribution is -0.115. The van der Waals surface area contributed by atoms with Crippen molar-refractivity contribution in [3.05, 3.63) is 39.7 Å². The summed E-state index contributed by atoms with van der Waals surface area (Å²) >= 11 is 6.54. The van der Waals surface area contributed by atoms with E-state index >= 15 is 0 Å². The normalized spacial score (nSPS) is 11.4. The summed E-state index contributed by atoms with van der Waals surface area (Å²) in [7, 11) is -4.59. The number of hydrogen-bond acceptors (Lipinski definition) is 5. The van der Waals surface area contributed by atoms with Crippen LogP contribution in [0, 0.1) is 11.6 Å². The van der Waals surface area contributed by atoms with Crippen molar-refractivity contribution in [3.8, 4) is 0 Å². The summed E-state index contributed by atoms with van der Waals surface area (Å²) in [6.07, 6.45) is 0. The van der Waals surface area contributed by atoms with Crippen LogP contribution in [-0.2, 0) is 14.8 Å². The van der Waals surface area contributed by atoms with Gasteiger partial charge in [-0.2, -0.15) is 4.31 Å². The number of carbonyl (C=O) groups is 1. The molecule has 1 aromatic heterocycles. The van der Waals surface area contributed by atoms with E-state index in [1.807, 2.05) is 0 Å². The first-order chi connectivity index (χ1) is 9.75. The van der Waals surface area contributed by atoms with Crippen LogP contribution in [0.3, 0.4) is 0 Å². The molecule has 112 valence electrons. The number of benzene rings is 1. The molecule has 0 N–H and O–H groups in total. The van der Waals surface area contributed by atoms with Crippen LogP contribution in [0.2, 0.25) is 5.02 Å². The average molecular weight is 353 g/mol. The molecular formula is C11H7ClF2N2O3S2. The van der Waals surface area contributed by atoms with Crippen LogP contribution in [0.4, 0.5) is 14.6 Å². The number of sulfonamides is 1. The number of carbonyl (C=O) groups excluding carboxylic acids is 1. The summed E-state index contributed by atoms with van der Waals surface area (Å²) in [6.45, 7) is 0.986. The monoisotopic (exact) mass is 352 g/mol. The number of halogens is 3. The van der Waals surface area contributed by atoms with Gasteiger partial charge < -0.3 is 0 Å². The maximum atomic E-state index is 13.8. The predicted molar refractivity (Wildman–Crippen MR) is 73.8 cm³/mol. The fourth-order valence-corrected chi connectivity index (χ4v) is 3.83. The molecule has 1 heterocycles. The van der Waals surface area contributed by atoms with Gasteiger partial charge in [-0.25, -0.2) is 22.2 Å². The third-order valence-electron chi connectivity index (χ3n) is 2.41. The molecule has 0 saturated carbocycles. The second-order valence-corrected chi connectivity index (χ2v) is 6.71. The molecule has 1 aromatic carbocycles. The Bertz CT molecular complexity index is 794. The minimum absolute atomic E-state index is 0.174. The van der Waals surface area contributed by atoms with Crippen LogP contribution >= 0.6 is 22.9 Å². The van der Waals surface area contributed by atoms with Crippen LogP contribution in [0.1, 0.15) is 6.92 Å². The lowest BCUT2D eigenvalue weighted by Crippen LogP contribution is -2.36. The van der Waals surface area contributed by atoms with Crippen molar-refractivity contribution >= 4 is 44.7 Å². The van der Waals surface area contributed by atoms with Gasteiger partial charge >= 0.3 is 0 Å². The van der Waals surface area contributed by atoms with Gasteiger partial charge in [0.1, 0.15) is 16.5 Å². The van der Waals surface area contributed by atoms with E-state index < -0.39 is 37.5 Å². The standard InChI is InChI=1S/C11H7ClF2N2O3S2/c1-6(17)16(11-4-20-5-15-11)21(18,19)10-2-7(12)8(13)3-9(10)14/h2-5H,1H3. The molecule has 0 spiro atoms. The minimum atomic E-state index is -4.59. The Balaban J connectivity index is 2.65. The van der Waals surface area contributed by atoms with Crippen molar-refractivity contribution in [2.45, 2.75) is 11.8 Å². The fourth-order valence-electron chi connectivity index (χ4n) is 1.56. The minimum Gasteiger partial charge on any atom is -0.274 e. The van der Waals surface area contributed by atoms with Crippen molar-refractivity contribution in [1.82, 2.24) is 4.98 Å². The van der Waals surface area contributed by atoms with Gasteiger partial charge in [0, 0.05) is 18.4 Å². The van der Waals surface area contributed by atoms with Crippen LogP contribution in [-0.4, -0.2) is 19.3 Å². The summed E-state index contributed by atoms with van der Waals surface area (Å²) < 4.78 is 52.0. The maximum Gasteiger partial charge on any atom is 0.275 e. The Labute approximate surface area is 127 Å². The zero-order valence-corrected chi connectivity index (χ0v) is 12.8. The third-order valence-corrected chi connectivity index (χ3v) is 5.06. The van der Waals surface area contributed by atoms with Crippen molar-refractivity contribution < 1.29 is 22.0 Å². The second kappa shape index (κ2) is 5.66. The number of aromatic nitrogens is 1. The van der Waals surface area contributed by atoms with E-state index in [1.54, 1.807) is 0 Å². The molecule has 0 bridgehead atoms. The van der Waals surface area contributed by atoms with Crippen LogP contribution < -0.4 is 4.31 Å². The Hall–Kier alpha value is -1.58. The molecule has 0 radical (unpaired) electrons. The van der Waals surface area contributed by atoms with Gasteiger partial charge in [0.25, 0.3) is 10.0 Å².